The van der Waals surface area contributed by atoms with E-state index in [1.165, 1.54) is 16.9 Å². The standard InChI is InChI=1S/C15H16N4O2S/c1-8-2-3-10-9(6-8)13-14-17-11(4-5-12(20)21)18-19(14)7-16-15(13)22-10/h7-8H,2-6H2,1H3,(H,20,21)/p-1/t8-/m1/s1. The van der Waals surface area contributed by atoms with E-state index in [9.17, 15) is 9.90 Å². The van der Waals surface area contributed by atoms with Crippen LogP contribution in [-0.2, 0) is 24.1 Å². The molecule has 0 fully saturated rings. The van der Waals surface area contributed by atoms with Gasteiger partial charge in [-0.3, -0.25) is 0 Å². The van der Waals surface area contributed by atoms with Gasteiger partial charge in [0.2, 0.25) is 0 Å². The minimum atomic E-state index is -1.08. The van der Waals surface area contributed by atoms with Crippen LogP contribution in [0.1, 0.15) is 36.0 Å². The van der Waals surface area contributed by atoms with Crippen LogP contribution in [-0.4, -0.2) is 25.6 Å². The van der Waals surface area contributed by atoms with Gasteiger partial charge in [-0.25, -0.2) is 14.5 Å². The van der Waals surface area contributed by atoms with Crippen LogP contribution in [0.5, 0.6) is 0 Å². The lowest BCUT2D eigenvalue weighted by molar-refractivity contribution is -0.305. The van der Waals surface area contributed by atoms with E-state index in [1.54, 1.807) is 22.2 Å². The van der Waals surface area contributed by atoms with Gasteiger partial charge in [-0.05, 0) is 37.2 Å². The van der Waals surface area contributed by atoms with Crippen molar-refractivity contribution in [1.29, 1.82) is 0 Å². The van der Waals surface area contributed by atoms with Crippen molar-refractivity contribution in [2.24, 2.45) is 5.92 Å². The molecule has 3 heterocycles. The SMILES string of the molecule is C[C@@H]1CCc2sc3ncn4nc(CCC(=O)[O-])nc4c3c2C1. The first kappa shape index (κ1) is 13.6. The normalized spacial score (nSPS) is 18.0. The number of carbonyl (C=O) groups excluding carboxylic acids is 1. The molecule has 114 valence electrons. The van der Waals surface area contributed by atoms with Gasteiger partial charge < -0.3 is 9.90 Å². The molecule has 0 aromatic carbocycles. The first-order chi connectivity index (χ1) is 10.6. The van der Waals surface area contributed by atoms with E-state index >= 15 is 0 Å². The number of aromatic nitrogens is 4. The molecule has 0 saturated carbocycles. The predicted molar refractivity (Wildman–Crippen MR) is 80.7 cm³/mol. The van der Waals surface area contributed by atoms with Crippen LogP contribution >= 0.6 is 11.3 Å². The third-order valence-electron chi connectivity index (χ3n) is 4.22. The maximum atomic E-state index is 10.6. The number of thiophene rings is 1. The number of rotatable bonds is 3. The Labute approximate surface area is 130 Å². The lowest BCUT2D eigenvalue weighted by atomic mass is 9.89. The van der Waals surface area contributed by atoms with Gasteiger partial charge in [-0.1, -0.05) is 6.92 Å². The molecule has 0 unspecified atom stereocenters. The highest BCUT2D eigenvalue weighted by Gasteiger charge is 2.23. The molecule has 1 atom stereocenters. The number of fused-ring (bicyclic) bond motifs is 5. The minimum Gasteiger partial charge on any atom is -0.550 e. The minimum absolute atomic E-state index is 0.0633. The lowest BCUT2D eigenvalue weighted by Gasteiger charge is -2.17. The molecule has 0 spiro atoms. The Bertz CT molecular complexity index is 883. The van der Waals surface area contributed by atoms with E-state index in [-0.39, 0.29) is 12.8 Å². The number of carbonyl (C=O) groups is 1. The zero-order valence-corrected chi connectivity index (χ0v) is 13.0. The Hall–Kier alpha value is -2.02. The van der Waals surface area contributed by atoms with Crippen molar-refractivity contribution in [2.75, 3.05) is 0 Å². The number of aryl methyl sites for hydroxylation is 2. The number of nitrogens with zero attached hydrogens (tertiary/aromatic N) is 4. The van der Waals surface area contributed by atoms with Crippen molar-refractivity contribution in [1.82, 2.24) is 19.6 Å². The van der Waals surface area contributed by atoms with Gasteiger partial charge in [0.05, 0.1) is 5.39 Å². The number of carboxylic acid groups (broad SMARTS) is 1. The van der Waals surface area contributed by atoms with Crippen LogP contribution in [0.25, 0.3) is 15.9 Å². The second-order valence-electron chi connectivity index (χ2n) is 5.94. The number of hydrogen-bond acceptors (Lipinski definition) is 6. The molecule has 0 saturated heterocycles. The van der Waals surface area contributed by atoms with Crippen molar-refractivity contribution in [2.45, 2.75) is 39.0 Å². The molecule has 0 amide bonds. The fourth-order valence-electron chi connectivity index (χ4n) is 3.11. The highest BCUT2D eigenvalue weighted by atomic mass is 32.1. The highest BCUT2D eigenvalue weighted by molar-refractivity contribution is 7.19. The van der Waals surface area contributed by atoms with E-state index in [1.807, 2.05) is 0 Å². The maximum Gasteiger partial charge on any atom is 0.167 e. The van der Waals surface area contributed by atoms with Crippen LogP contribution in [0.2, 0.25) is 0 Å². The molecule has 0 bridgehead atoms. The smallest absolute Gasteiger partial charge is 0.167 e. The number of hydrogen-bond donors (Lipinski definition) is 0. The Kier molecular flexibility index (Phi) is 3.11. The summed E-state index contributed by atoms with van der Waals surface area (Å²) in [6.45, 7) is 2.27. The number of aliphatic carboxylic acids is 1. The van der Waals surface area contributed by atoms with Gasteiger partial charge >= 0.3 is 0 Å². The van der Waals surface area contributed by atoms with Gasteiger partial charge in [0.1, 0.15) is 11.2 Å². The summed E-state index contributed by atoms with van der Waals surface area (Å²) in [5.41, 5.74) is 2.15. The summed E-state index contributed by atoms with van der Waals surface area (Å²) in [5, 5.41) is 16.0. The van der Waals surface area contributed by atoms with Gasteiger partial charge in [0.15, 0.2) is 11.5 Å². The second kappa shape index (κ2) is 5.01. The Morgan fingerprint density at radius 1 is 1.55 bits per heavy atom. The lowest BCUT2D eigenvalue weighted by Crippen LogP contribution is -2.22. The van der Waals surface area contributed by atoms with Crippen molar-refractivity contribution >= 4 is 33.2 Å². The van der Waals surface area contributed by atoms with E-state index in [0.717, 1.165) is 28.7 Å². The molecular weight excluding hydrogens is 300 g/mol. The average molecular weight is 315 g/mol. The summed E-state index contributed by atoms with van der Waals surface area (Å²) >= 11 is 1.75. The topological polar surface area (TPSA) is 83.2 Å². The fraction of sp³-hybridized carbons (Fsp3) is 0.467. The summed E-state index contributed by atoms with van der Waals surface area (Å²) in [6, 6.07) is 0. The quantitative estimate of drug-likeness (QED) is 0.724. The summed E-state index contributed by atoms with van der Waals surface area (Å²) in [6.07, 6.45) is 5.27. The molecule has 7 heteroatoms. The van der Waals surface area contributed by atoms with Crippen molar-refractivity contribution in [3.63, 3.8) is 0 Å². The summed E-state index contributed by atoms with van der Waals surface area (Å²) in [4.78, 5) is 22.1. The molecule has 1 aliphatic carbocycles. The number of carboxylic acids is 1. The molecule has 0 N–H and O–H groups in total. The highest BCUT2D eigenvalue weighted by Crippen LogP contribution is 2.38. The summed E-state index contributed by atoms with van der Waals surface area (Å²) in [7, 11) is 0. The van der Waals surface area contributed by atoms with Gasteiger partial charge in [-0.2, -0.15) is 0 Å². The summed E-state index contributed by atoms with van der Waals surface area (Å²) < 4.78 is 1.67. The fourth-order valence-corrected chi connectivity index (χ4v) is 4.29. The first-order valence-electron chi connectivity index (χ1n) is 7.46. The average Bonchev–Trinajstić information content (AvgIpc) is 3.04. The van der Waals surface area contributed by atoms with Crippen LogP contribution in [0.4, 0.5) is 0 Å². The molecule has 4 rings (SSSR count). The predicted octanol–water partition coefficient (Wildman–Crippen LogP) is 1.15. The molecule has 0 aliphatic heterocycles. The second-order valence-corrected chi connectivity index (χ2v) is 7.03. The molecule has 0 radical (unpaired) electrons. The van der Waals surface area contributed by atoms with E-state index < -0.39 is 5.97 Å². The van der Waals surface area contributed by atoms with E-state index in [0.29, 0.717) is 11.7 Å². The first-order valence-corrected chi connectivity index (χ1v) is 8.28. The third kappa shape index (κ3) is 2.16. The van der Waals surface area contributed by atoms with Crippen LogP contribution in [0.3, 0.4) is 0 Å². The van der Waals surface area contributed by atoms with Gasteiger partial charge in [-0.15, -0.1) is 16.4 Å². The van der Waals surface area contributed by atoms with Crippen molar-refractivity contribution < 1.29 is 9.90 Å². The third-order valence-corrected chi connectivity index (χ3v) is 5.42. The molecule has 22 heavy (non-hydrogen) atoms. The van der Waals surface area contributed by atoms with E-state index in [2.05, 4.69) is 22.0 Å². The summed E-state index contributed by atoms with van der Waals surface area (Å²) in [5.74, 6) is 0.122. The maximum absolute atomic E-state index is 10.6. The molecular formula is C15H15N4O2S-. The van der Waals surface area contributed by atoms with Crippen LogP contribution in [0, 0.1) is 5.92 Å². The van der Waals surface area contributed by atoms with Gasteiger partial charge in [0, 0.05) is 17.3 Å². The van der Waals surface area contributed by atoms with Crippen molar-refractivity contribution in [3.8, 4) is 0 Å². The van der Waals surface area contributed by atoms with E-state index in [4.69, 9.17) is 0 Å². The van der Waals surface area contributed by atoms with Crippen molar-refractivity contribution in [3.05, 3.63) is 22.6 Å². The monoisotopic (exact) mass is 315 g/mol. The Balaban J connectivity index is 1.86. The van der Waals surface area contributed by atoms with Crippen LogP contribution < -0.4 is 5.11 Å². The Morgan fingerprint density at radius 3 is 3.23 bits per heavy atom. The molecule has 6 nitrogen and oxygen atoms in total. The zero-order chi connectivity index (χ0) is 15.3. The molecule has 1 aliphatic rings. The molecule has 3 aromatic rings. The Morgan fingerprint density at radius 2 is 2.41 bits per heavy atom. The van der Waals surface area contributed by atoms with Crippen LogP contribution in [0.15, 0.2) is 6.33 Å². The van der Waals surface area contributed by atoms with Gasteiger partial charge in [0.25, 0.3) is 0 Å². The molecule has 3 aromatic heterocycles. The zero-order valence-electron chi connectivity index (χ0n) is 12.2. The largest absolute Gasteiger partial charge is 0.550 e.